The molecule has 5 heteroatoms. The molecular weight excluding hydrogens is 386 g/mol. The second-order valence-electron chi connectivity index (χ2n) is 8.69. The van der Waals surface area contributed by atoms with Crippen LogP contribution in [0.25, 0.3) is 10.9 Å². The van der Waals surface area contributed by atoms with Gasteiger partial charge in [-0.1, -0.05) is 43.2 Å². The summed E-state index contributed by atoms with van der Waals surface area (Å²) < 4.78 is 5.66. The molecule has 1 amide bonds. The monoisotopic (exact) mass is 415 g/mol. The van der Waals surface area contributed by atoms with Gasteiger partial charge in [0.1, 0.15) is 5.75 Å². The number of hydrogen-bond donors (Lipinski definition) is 0. The number of rotatable bonds is 3. The molecule has 0 bridgehead atoms. The van der Waals surface area contributed by atoms with Crippen LogP contribution in [0, 0.1) is 6.92 Å². The van der Waals surface area contributed by atoms with Gasteiger partial charge in [0.25, 0.3) is 0 Å². The quantitative estimate of drug-likeness (QED) is 0.565. The molecule has 1 saturated carbocycles. The minimum absolute atomic E-state index is 0.260. The number of fused-ring (bicyclic) bond motifs is 1. The van der Waals surface area contributed by atoms with Crippen molar-refractivity contribution in [1.29, 1.82) is 0 Å². The summed E-state index contributed by atoms with van der Waals surface area (Å²) in [6.45, 7) is 4.89. The number of nitrogens with zero attached hydrogens (tertiary/aromatic N) is 3. The van der Waals surface area contributed by atoms with Crippen molar-refractivity contribution in [2.24, 2.45) is 0 Å². The smallest absolute Gasteiger partial charge is 0.410 e. The molecule has 0 N–H and O–H groups in total. The van der Waals surface area contributed by atoms with E-state index in [4.69, 9.17) is 4.74 Å². The van der Waals surface area contributed by atoms with Crippen LogP contribution >= 0.6 is 0 Å². The fourth-order valence-electron chi connectivity index (χ4n) is 4.91. The highest BCUT2D eigenvalue weighted by molar-refractivity contribution is 5.92. The molecular formula is C26H29N3O2. The normalized spacial score (nSPS) is 17.3. The Morgan fingerprint density at radius 2 is 1.68 bits per heavy atom. The maximum atomic E-state index is 12.7. The molecule has 0 radical (unpaired) electrons. The van der Waals surface area contributed by atoms with Gasteiger partial charge in [0.05, 0.1) is 5.52 Å². The maximum absolute atomic E-state index is 12.7. The van der Waals surface area contributed by atoms with Crippen LogP contribution in [0.15, 0.2) is 54.6 Å². The number of piperazine rings is 1. The summed E-state index contributed by atoms with van der Waals surface area (Å²) in [6, 6.07) is 18.5. The largest absolute Gasteiger partial charge is 0.415 e. The number of para-hydroxylation sites is 1. The molecule has 2 aliphatic rings. The zero-order chi connectivity index (χ0) is 21.2. The van der Waals surface area contributed by atoms with Gasteiger partial charge in [0, 0.05) is 42.9 Å². The lowest BCUT2D eigenvalue weighted by Crippen LogP contribution is -2.49. The van der Waals surface area contributed by atoms with E-state index in [2.05, 4.69) is 46.3 Å². The Labute approximate surface area is 183 Å². The topological polar surface area (TPSA) is 45.7 Å². The maximum Gasteiger partial charge on any atom is 0.415 e. The highest BCUT2D eigenvalue weighted by Gasteiger charge is 2.24. The number of ether oxygens (including phenoxy) is 1. The van der Waals surface area contributed by atoms with E-state index < -0.39 is 0 Å². The predicted octanol–water partition coefficient (Wildman–Crippen LogP) is 5.52. The van der Waals surface area contributed by atoms with Crippen molar-refractivity contribution in [3.05, 3.63) is 65.9 Å². The van der Waals surface area contributed by atoms with E-state index in [0.29, 0.717) is 24.8 Å². The molecule has 1 aliphatic heterocycles. The average molecular weight is 416 g/mol. The molecule has 1 aliphatic carbocycles. The van der Waals surface area contributed by atoms with E-state index in [1.54, 1.807) is 4.90 Å². The summed E-state index contributed by atoms with van der Waals surface area (Å²) in [5.41, 5.74) is 4.58. The third-order valence-electron chi connectivity index (χ3n) is 6.61. The number of hydrogen-bond acceptors (Lipinski definition) is 4. The van der Waals surface area contributed by atoms with E-state index in [0.717, 1.165) is 29.7 Å². The van der Waals surface area contributed by atoms with Crippen molar-refractivity contribution in [1.82, 2.24) is 9.88 Å². The number of aryl methyl sites for hydroxylation is 1. The summed E-state index contributed by atoms with van der Waals surface area (Å²) in [4.78, 5) is 21.5. The van der Waals surface area contributed by atoms with Crippen molar-refractivity contribution < 1.29 is 9.53 Å². The van der Waals surface area contributed by atoms with Crippen molar-refractivity contribution in [2.45, 2.75) is 38.5 Å². The van der Waals surface area contributed by atoms with Crippen LogP contribution in [-0.4, -0.2) is 42.2 Å². The van der Waals surface area contributed by atoms with Crippen molar-refractivity contribution in [2.75, 3.05) is 31.1 Å². The number of aromatic nitrogens is 1. The minimum Gasteiger partial charge on any atom is -0.410 e. The molecule has 0 spiro atoms. The average Bonchev–Trinajstić information content (AvgIpc) is 3.34. The van der Waals surface area contributed by atoms with Gasteiger partial charge in [-0.3, -0.25) is 4.98 Å². The van der Waals surface area contributed by atoms with Crippen LogP contribution in [0.3, 0.4) is 0 Å². The van der Waals surface area contributed by atoms with E-state index in [9.17, 15) is 4.79 Å². The lowest BCUT2D eigenvalue weighted by molar-refractivity contribution is 0.149. The number of carbonyl (C=O) groups excluding carboxylic acids is 1. The molecule has 5 rings (SSSR count). The molecule has 5 nitrogen and oxygen atoms in total. The molecule has 0 atom stereocenters. The fourth-order valence-corrected chi connectivity index (χ4v) is 4.91. The number of anilines is 1. The number of pyridine rings is 1. The van der Waals surface area contributed by atoms with Gasteiger partial charge in [-0.2, -0.15) is 0 Å². The van der Waals surface area contributed by atoms with Gasteiger partial charge < -0.3 is 14.5 Å². The lowest BCUT2D eigenvalue weighted by Gasteiger charge is -2.36. The first-order valence-electron chi connectivity index (χ1n) is 11.4. The van der Waals surface area contributed by atoms with Gasteiger partial charge in [0.2, 0.25) is 0 Å². The molecule has 31 heavy (non-hydrogen) atoms. The third kappa shape index (κ3) is 4.22. The van der Waals surface area contributed by atoms with Gasteiger partial charge >= 0.3 is 6.09 Å². The molecule has 0 unspecified atom stereocenters. The van der Waals surface area contributed by atoms with Gasteiger partial charge in [-0.05, 0) is 55.5 Å². The molecule has 2 aromatic carbocycles. The molecule has 1 saturated heterocycles. The Morgan fingerprint density at radius 1 is 0.968 bits per heavy atom. The summed E-state index contributed by atoms with van der Waals surface area (Å²) in [7, 11) is 0. The Morgan fingerprint density at radius 3 is 2.42 bits per heavy atom. The second-order valence-corrected chi connectivity index (χ2v) is 8.69. The Kier molecular flexibility index (Phi) is 5.49. The molecule has 3 aromatic rings. The Hall–Kier alpha value is -3.08. The predicted molar refractivity (Wildman–Crippen MR) is 124 cm³/mol. The molecule has 2 heterocycles. The minimum atomic E-state index is -0.260. The van der Waals surface area contributed by atoms with Crippen LogP contribution in [0.4, 0.5) is 10.5 Å². The third-order valence-corrected chi connectivity index (χ3v) is 6.61. The van der Waals surface area contributed by atoms with Crippen molar-refractivity contribution >= 4 is 22.7 Å². The second kappa shape index (κ2) is 8.58. The molecule has 160 valence electrons. The molecule has 2 fully saturated rings. The first-order valence-corrected chi connectivity index (χ1v) is 11.4. The van der Waals surface area contributed by atoms with Crippen LogP contribution in [0.2, 0.25) is 0 Å². The van der Waals surface area contributed by atoms with Crippen LogP contribution in [-0.2, 0) is 0 Å². The van der Waals surface area contributed by atoms with E-state index >= 15 is 0 Å². The van der Waals surface area contributed by atoms with Gasteiger partial charge in [0.15, 0.2) is 0 Å². The summed E-state index contributed by atoms with van der Waals surface area (Å²) >= 11 is 0. The first-order chi connectivity index (χ1) is 15.2. The number of benzene rings is 2. The zero-order valence-corrected chi connectivity index (χ0v) is 18.1. The standard InChI is InChI=1S/C26H29N3O2/c1-19-18-25(23-8-4-5-9-24(23)27-19)28-14-16-29(17-15-28)26(30)31-22-12-10-21(11-13-22)20-6-2-3-7-20/h4-5,8-13,18,20H,2-3,6-7,14-17H2,1H3. The number of carbonyl (C=O) groups is 1. The van der Waals surface area contributed by atoms with E-state index in [-0.39, 0.29) is 6.09 Å². The SMILES string of the molecule is Cc1cc(N2CCN(C(=O)Oc3ccc(C4CCCC4)cc3)CC2)c2ccccc2n1. The lowest BCUT2D eigenvalue weighted by atomic mass is 9.98. The van der Waals surface area contributed by atoms with Crippen LogP contribution in [0.5, 0.6) is 5.75 Å². The van der Waals surface area contributed by atoms with Crippen LogP contribution < -0.4 is 9.64 Å². The van der Waals surface area contributed by atoms with Crippen molar-refractivity contribution in [3.8, 4) is 5.75 Å². The fraction of sp³-hybridized carbons (Fsp3) is 0.385. The van der Waals surface area contributed by atoms with Crippen LogP contribution in [0.1, 0.15) is 42.9 Å². The van der Waals surface area contributed by atoms with E-state index in [1.165, 1.54) is 36.9 Å². The summed E-state index contributed by atoms with van der Waals surface area (Å²) in [6.07, 6.45) is 4.93. The van der Waals surface area contributed by atoms with E-state index in [1.807, 2.05) is 25.1 Å². The highest BCUT2D eigenvalue weighted by Crippen LogP contribution is 2.34. The van der Waals surface area contributed by atoms with Gasteiger partial charge in [-0.25, -0.2) is 4.79 Å². The van der Waals surface area contributed by atoms with Crippen molar-refractivity contribution in [3.63, 3.8) is 0 Å². The summed E-state index contributed by atoms with van der Waals surface area (Å²) in [5.74, 6) is 1.30. The summed E-state index contributed by atoms with van der Waals surface area (Å²) in [5, 5.41) is 1.16. The first kappa shape index (κ1) is 19.9. The highest BCUT2D eigenvalue weighted by atomic mass is 16.6. The zero-order valence-electron chi connectivity index (χ0n) is 18.1. The molecule has 1 aromatic heterocycles. The van der Waals surface area contributed by atoms with Gasteiger partial charge in [-0.15, -0.1) is 0 Å². The Bertz CT molecular complexity index is 1070. The number of amides is 1. The Balaban J connectivity index is 1.21.